The molecule has 0 bridgehead atoms. The van der Waals surface area contributed by atoms with E-state index in [0.29, 0.717) is 18.5 Å². The number of carboxylic acids is 1. The zero-order valence-corrected chi connectivity index (χ0v) is 12.8. The van der Waals surface area contributed by atoms with Crippen molar-refractivity contribution in [3.8, 4) is 0 Å². The summed E-state index contributed by atoms with van der Waals surface area (Å²) in [5, 5.41) is 11.6. The van der Waals surface area contributed by atoms with Crippen LogP contribution in [0.15, 0.2) is 24.3 Å². The number of amides is 1. The number of anilines is 1. The highest BCUT2D eigenvalue weighted by atomic mass is 16.4. The summed E-state index contributed by atoms with van der Waals surface area (Å²) in [6.45, 7) is 5.64. The van der Waals surface area contributed by atoms with Crippen LogP contribution in [0, 0.1) is 0 Å². The number of nitrogens with one attached hydrogen (secondary N) is 1. The molecular weight excluding hydrogens is 268 g/mol. The Morgan fingerprint density at radius 1 is 1.24 bits per heavy atom. The first-order valence-corrected chi connectivity index (χ1v) is 7.24. The Kier molecular flexibility index (Phi) is 5.90. The SMILES string of the molecule is CCC(N)(CC)C(=O)Nc1ccc(C(C)CC(=O)O)cc1. The van der Waals surface area contributed by atoms with Gasteiger partial charge in [0, 0.05) is 5.69 Å². The molecule has 0 fully saturated rings. The smallest absolute Gasteiger partial charge is 0.303 e. The molecule has 0 saturated carbocycles. The van der Waals surface area contributed by atoms with Gasteiger partial charge in [0.05, 0.1) is 12.0 Å². The predicted molar refractivity (Wildman–Crippen MR) is 83.2 cm³/mol. The van der Waals surface area contributed by atoms with Crippen molar-refractivity contribution in [3.05, 3.63) is 29.8 Å². The molecule has 1 aromatic rings. The second-order valence-corrected chi connectivity index (χ2v) is 5.44. The molecule has 5 nitrogen and oxygen atoms in total. The van der Waals surface area contributed by atoms with E-state index in [9.17, 15) is 9.59 Å². The average molecular weight is 292 g/mol. The molecular formula is C16H24N2O3. The highest BCUT2D eigenvalue weighted by Gasteiger charge is 2.29. The summed E-state index contributed by atoms with van der Waals surface area (Å²) < 4.78 is 0. The van der Waals surface area contributed by atoms with Crippen molar-refractivity contribution < 1.29 is 14.7 Å². The number of aliphatic carboxylic acids is 1. The molecule has 21 heavy (non-hydrogen) atoms. The third kappa shape index (κ3) is 4.56. The molecule has 0 saturated heterocycles. The standard InChI is InChI=1S/C16H24N2O3/c1-4-16(17,5-2)15(21)18-13-8-6-12(7-9-13)11(3)10-14(19)20/h6-9,11H,4-5,10,17H2,1-3H3,(H,18,21)(H,19,20). The van der Waals surface area contributed by atoms with Gasteiger partial charge in [-0.25, -0.2) is 0 Å². The number of hydrogen-bond acceptors (Lipinski definition) is 3. The average Bonchev–Trinajstić information content (AvgIpc) is 2.46. The van der Waals surface area contributed by atoms with Crippen LogP contribution in [0.3, 0.4) is 0 Å². The highest BCUT2D eigenvalue weighted by molar-refractivity contribution is 5.97. The van der Waals surface area contributed by atoms with Crippen molar-refractivity contribution in [1.82, 2.24) is 0 Å². The Labute approximate surface area is 125 Å². The van der Waals surface area contributed by atoms with Crippen LogP contribution in [-0.2, 0) is 9.59 Å². The Morgan fingerprint density at radius 3 is 2.19 bits per heavy atom. The summed E-state index contributed by atoms with van der Waals surface area (Å²) in [4.78, 5) is 22.8. The van der Waals surface area contributed by atoms with Crippen LogP contribution in [0.2, 0.25) is 0 Å². The van der Waals surface area contributed by atoms with Gasteiger partial charge in [0.1, 0.15) is 0 Å². The molecule has 0 radical (unpaired) electrons. The molecule has 0 aliphatic rings. The van der Waals surface area contributed by atoms with Gasteiger partial charge in [-0.2, -0.15) is 0 Å². The number of nitrogens with two attached hydrogens (primary N) is 1. The zero-order valence-electron chi connectivity index (χ0n) is 12.8. The van der Waals surface area contributed by atoms with Gasteiger partial charge in [-0.05, 0) is 36.5 Å². The number of benzene rings is 1. The maximum atomic E-state index is 12.1. The minimum absolute atomic E-state index is 0.0628. The molecule has 0 aliphatic heterocycles. The van der Waals surface area contributed by atoms with Crippen molar-refractivity contribution in [2.75, 3.05) is 5.32 Å². The van der Waals surface area contributed by atoms with Crippen molar-refractivity contribution in [3.63, 3.8) is 0 Å². The largest absolute Gasteiger partial charge is 0.481 e. The number of hydrogen-bond donors (Lipinski definition) is 3. The van der Waals surface area contributed by atoms with Gasteiger partial charge < -0.3 is 16.2 Å². The fraction of sp³-hybridized carbons (Fsp3) is 0.500. The minimum atomic E-state index is -0.852. The van der Waals surface area contributed by atoms with Gasteiger partial charge in [-0.1, -0.05) is 32.9 Å². The molecule has 1 atom stereocenters. The van der Waals surface area contributed by atoms with Crippen molar-refractivity contribution in [1.29, 1.82) is 0 Å². The Morgan fingerprint density at radius 2 is 1.76 bits per heavy atom. The molecule has 1 amide bonds. The van der Waals surface area contributed by atoms with Crippen molar-refractivity contribution in [2.45, 2.75) is 51.5 Å². The summed E-state index contributed by atoms with van der Waals surface area (Å²) >= 11 is 0. The minimum Gasteiger partial charge on any atom is -0.481 e. The van der Waals surface area contributed by atoms with E-state index in [-0.39, 0.29) is 18.2 Å². The fourth-order valence-corrected chi connectivity index (χ4v) is 2.10. The Hall–Kier alpha value is -1.88. The predicted octanol–water partition coefficient (Wildman–Crippen LogP) is 2.72. The van der Waals surface area contributed by atoms with E-state index in [0.717, 1.165) is 5.56 Å². The lowest BCUT2D eigenvalue weighted by molar-refractivity contribution is -0.137. The molecule has 5 heteroatoms. The Balaban J connectivity index is 2.75. The maximum absolute atomic E-state index is 12.1. The van der Waals surface area contributed by atoms with Gasteiger partial charge in [0.2, 0.25) is 5.91 Å². The third-order valence-electron chi connectivity index (χ3n) is 3.93. The Bertz CT molecular complexity index is 493. The molecule has 1 aromatic carbocycles. The molecule has 4 N–H and O–H groups in total. The van der Waals surface area contributed by atoms with Crippen molar-refractivity contribution >= 4 is 17.6 Å². The summed E-state index contributed by atoms with van der Waals surface area (Å²) in [7, 11) is 0. The number of carbonyl (C=O) groups is 2. The van der Waals surface area contributed by atoms with E-state index >= 15 is 0 Å². The topological polar surface area (TPSA) is 92.4 Å². The lowest BCUT2D eigenvalue weighted by Crippen LogP contribution is -2.50. The summed E-state index contributed by atoms with van der Waals surface area (Å²) in [6, 6.07) is 7.22. The first-order valence-electron chi connectivity index (χ1n) is 7.24. The van der Waals surface area contributed by atoms with Gasteiger partial charge in [-0.3, -0.25) is 9.59 Å². The van der Waals surface area contributed by atoms with E-state index in [1.807, 2.05) is 32.9 Å². The first kappa shape index (κ1) is 17.2. The molecule has 1 rings (SSSR count). The molecule has 0 aromatic heterocycles. The quantitative estimate of drug-likeness (QED) is 0.720. The maximum Gasteiger partial charge on any atom is 0.303 e. The van der Waals surface area contributed by atoms with E-state index in [2.05, 4.69) is 5.32 Å². The normalized spacial score (nSPS) is 12.8. The number of carboxylic acid groups (broad SMARTS) is 1. The van der Waals surface area contributed by atoms with Crippen LogP contribution >= 0.6 is 0 Å². The zero-order chi connectivity index (χ0) is 16.0. The van der Waals surface area contributed by atoms with E-state index < -0.39 is 11.5 Å². The van der Waals surface area contributed by atoms with Crippen LogP contribution in [0.1, 0.15) is 51.5 Å². The number of rotatable bonds is 7. The molecule has 1 unspecified atom stereocenters. The highest BCUT2D eigenvalue weighted by Crippen LogP contribution is 2.22. The summed E-state index contributed by atoms with van der Waals surface area (Å²) in [6.07, 6.45) is 1.23. The summed E-state index contributed by atoms with van der Waals surface area (Å²) in [5.74, 6) is -1.08. The van der Waals surface area contributed by atoms with E-state index in [1.165, 1.54) is 0 Å². The molecule has 0 spiro atoms. The van der Waals surface area contributed by atoms with Crippen LogP contribution in [0.4, 0.5) is 5.69 Å². The molecule has 0 heterocycles. The van der Waals surface area contributed by atoms with Crippen LogP contribution < -0.4 is 11.1 Å². The second-order valence-electron chi connectivity index (χ2n) is 5.44. The monoisotopic (exact) mass is 292 g/mol. The summed E-state index contributed by atoms with van der Waals surface area (Å²) in [5.41, 5.74) is 6.79. The second kappa shape index (κ2) is 7.22. The third-order valence-corrected chi connectivity index (χ3v) is 3.93. The molecule has 116 valence electrons. The lowest BCUT2D eigenvalue weighted by atomic mass is 9.93. The lowest BCUT2D eigenvalue weighted by Gasteiger charge is -2.25. The van der Waals surface area contributed by atoms with Gasteiger partial charge in [-0.15, -0.1) is 0 Å². The number of carbonyl (C=O) groups excluding carboxylic acids is 1. The van der Waals surface area contributed by atoms with Crippen LogP contribution in [0.5, 0.6) is 0 Å². The molecule has 0 aliphatic carbocycles. The van der Waals surface area contributed by atoms with E-state index in [4.69, 9.17) is 10.8 Å². The van der Waals surface area contributed by atoms with Gasteiger partial charge in [0.25, 0.3) is 0 Å². The van der Waals surface area contributed by atoms with Crippen LogP contribution in [-0.4, -0.2) is 22.5 Å². The van der Waals surface area contributed by atoms with Gasteiger partial charge >= 0.3 is 5.97 Å². The van der Waals surface area contributed by atoms with E-state index in [1.54, 1.807) is 12.1 Å². The van der Waals surface area contributed by atoms with Gasteiger partial charge in [0.15, 0.2) is 0 Å². The van der Waals surface area contributed by atoms with Crippen molar-refractivity contribution in [2.24, 2.45) is 5.73 Å². The van der Waals surface area contributed by atoms with Crippen LogP contribution in [0.25, 0.3) is 0 Å². The first-order chi connectivity index (χ1) is 9.82. The fourth-order valence-electron chi connectivity index (χ4n) is 2.10.